The molecule has 0 radical (unpaired) electrons. The standard InChI is InChI=1S/C18H24N4O2/c1-4-24-17-8-6-5-7-15(17)9-10-19-18(23)20-12-16-11-13(2)21-14(3)22-16/h5-8,11H,4,9-10,12H2,1-3H3,(H2,19,20,23). The fraction of sp³-hybridized carbons (Fsp3) is 0.389. The van der Waals surface area contributed by atoms with E-state index in [1.807, 2.05) is 51.1 Å². The molecule has 1 heterocycles. The fourth-order valence-electron chi connectivity index (χ4n) is 2.43. The average molecular weight is 328 g/mol. The normalized spacial score (nSPS) is 10.3. The molecule has 0 unspecified atom stereocenters. The highest BCUT2D eigenvalue weighted by molar-refractivity contribution is 5.73. The smallest absolute Gasteiger partial charge is 0.315 e. The van der Waals surface area contributed by atoms with Crippen LogP contribution in [0.3, 0.4) is 0 Å². The topological polar surface area (TPSA) is 76.1 Å². The molecule has 2 N–H and O–H groups in total. The Labute approximate surface area is 142 Å². The maximum Gasteiger partial charge on any atom is 0.315 e. The van der Waals surface area contributed by atoms with E-state index in [2.05, 4.69) is 20.6 Å². The summed E-state index contributed by atoms with van der Waals surface area (Å²) in [6, 6.07) is 9.53. The SMILES string of the molecule is CCOc1ccccc1CCNC(=O)NCc1cc(C)nc(C)n1. The number of ether oxygens (including phenoxy) is 1. The predicted octanol–water partition coefficient (Wildman–Crippen LogP) is 2.53. The van der Waals surface area contributed by atoms with Crippen molar-refractivity contribution in [1.29, 1.82) is 0 Å². The Balaban J connectivity index is 1.77. The third-order valence-electron chi connectivity index (χ3n) is 3.40. The maximum absolute atomic E-state index is 11.9. The summed E-state index contributed by atoms with van der Waals surface area (Å²) < 4.78 is 5.58. The van der Waals surface area contributed by atoms with Crippen LogP contribution in [0.5, 0.6) is 5.75 Å². The zero-order valence-electron chi connectivity index (χ0n) is 14.4. The Kier molecular flexibility index (Phi) is 6.54. The average Bonchev–Trinajstić information content (AvgIpc) is 2.54. The molecule has 1 aromatic carbocycles. The monoisotopic (exact) mass is 328 g/mol. The molecule has 0 spiro atoms. The van der Waals surface area contributed by atoms with Crippen LogP contribution in [0.2, 0.25) is 0 Å². The van der Waals surface area contributed by atoms with Crippen molar-refractivity contribution < 1.29 is 9.53 Å². The van der Waals surface area contributed by atoms with Gasteiger partial charge in [-0.15, -0.1) is 0 Å². The van der Waals surface area contributed by atoms with Crippen molar-refractivity contribution in [3.8, 4) is 5.75 Å². The highest BCUT2D eigenvalue weighted by atomic mass is 16.5. The largest absolute Gasteiger partial charge is 0.494 e. The van der Waals surface area contributed by atoms with Gasteiger partial charge < -0.3 is 15.4 Å². The number of hydrogen-bond donors (Lipinski definition) is 2. The van der Waals surface area contributed by atoms with Crippen molar-refractivity contribution in [2.24, 2.45) is 0 Å². The summed E-state index contributed by atoms with van der Waals surface area (Å²) in [5, 5.41) is 5.66. The Hall–Kier alpha value is -2.63. The predicted molar refractivity (Wildman–Crippen MR) is 93.1 cm³/mol. The number of benzene rings is 1. The minimum atomic E-state index is -0.210. The van der Waals surface area contributed by atoms with Gasteiger partial charge in [0.2, 0.25) is 0 Å². The molecule has 0 aliphatic carbocycles. The Morgan fingerprint density at radius 3 is 2.71 bits per heavy atom. The first-order valence-electron chi connectivity index (χ1n) is 8.12. The number of nitrogens with one attached hydrogen (secondary N) is 2. The number of aryl methyl sites for hydroxylation is 2. The van der Waals surface area contributed by atoms with Gasteiger partial charge in [-0.25, -0.2) is 14.8 Å². The first kappa shape index (κ1) is 17.7. The molecule has 0 saturated heterocycles. The van der Waals surface area contributed by atoms with E-state index >= 15 is 0 Å². The molecule has 0 aliphatic heterocycles. The zero-order valence-corrected chi connectivity index (χ0v) is 14.4. The van der Waals surface area contributed by atoms with E-state index in [1.54, 1.807) is 0 Å². The summed E-state index contributed by atoms with van der Waals surface area (Å²) in [5.74, 6) is 1.58. The van der Waals surface area contributed by atoms with E-state index in [0.717, 1.165) is 29.1 Å². The van der Waals surface area contributed by atoms with Crippen LogP contribution in [0.15, 0.2) is 30.3 Å². The van der Waals surface area contributed by atoms with E-state index in [0.29, 0.717) is 25.5 Å². The number of rotatable bonds is 7. The summed E-state index contributed by atoms with van der Waals surface area (Å²) in [4.78, 5) is 20.4. The summed E-state index contributed by atoms with van der Waals surface area (Å²) in [6.07, 6.45) is 0.718. The Morgan fingerprint density at radius 1 is 1.17 bits per heavy atom. The quantitative estimate of drug-likeness (QED) is 0.819. The second-order valence-electron chi connectivity index (χ2n) is 5.45. The van der Waals surface area contributed by atoms with Gasteiger partial charge in [0.15, 0.2) is 0 Å². The molecule has 0 bridgehead atoms. The molecule has 2 amide bonds. The molecule has 6 heteroatoms. The molecule has 2 aromatic rings. The highest BCUT2D eigenvalue weighted by Gasteiger charge is 2.05. The summed E-state index contributed by atoms with van der Waals surface area (Å²) >= 11 is 0. The van der Waals surface area contributed by atoms with Gasteiger partial charge in [0.05, 0.1) is 18.8 Å². The molecule has 0 atom stereocenters. The summed E-state index contributed by atoms with van der Waals surface area (Å²) in [6.45, 7) is 7.26. The van der Waals surface area contributed by atoms with Gasteiger partial charge in [-0.2, -0.15) is 0 Å². The number of para-hydroxylation sites is 1. The minimum absolute atomic E-state index is 0.210. The maximum atomic E-state index is 11.9. The van der Waals surface area contributed by atoms with Crippen LogP contribution in [-0.4, -0.2) is 29.2 Å². The first-order valence-corrected chi connectivity index (χ1v) is 8.12. The zero-order chi connectivity index (χ0) is 17.4. The number of carbonyl (C=O) groups excluding carboxylic acids is 1. The number of hydrogen-bond acceptors (Lipinski definition) is 4. The lowest BCUT2D eigenvalue weighted by molar-refractivity contribution is 0.240. The van der Waals surface area contributed by atoms with Crippen molar-refractivity contribution in [2.75, 3.05) is 13.2 Å². The van der Waals surface area contributed by atoms with Crippen LogP contribution >= 0.6 is 0 Å². The summed E-state index contributed by atoms with van der Waals surface area (Å²) in [7, 11) is 0. The van der Waals surface area contributed by atoms with E-state index in [9.17, 15) is 4.79 Å². The molecule has 0 aliphatic rings. The van der Waals surface area contributed by atoms with Crippen molar-refractivity contribution in [3.05, 3.63) is 53.1 Å². The number of carbonyl (C=O) groups is 1. The van der Waals surface area contributed by atoms with Crippen LogP contribution < -0.4 is 15.4 Å². The second kappa shape index (κ2) is 8.86. The molecule has 1 aromatic heterocycles. The van der Waals surface area contributed by atoms with Gasteiger partial charge in [-0.05, 0) is 44.9 Å². The van der Waals surface area contributed by atoms with Crippen molar-refractivity contribution in [1.82, 2.24) is 20.6 Å². The Bertz CT molecular complexity index is 668. The minimum Gasteiger partial charge on any atom is -0.494 e. The van der Waals surface area contributed by atoms with Gasteiger partial charge in [0, 0.05) is 12.2 Å². The van der Waals surface area contributed by atoms with Crippen LogP contribution in [-0.2, 0) is 13.0 Å². The Morgan fingerprint density at radius 2 is 1.96 bits per heavy atom. The molecule has 6 nitrogen and oxygen atoms in total. The third kappa shape index (κ3) is 5.53. The molecule has 24 heavy (non-hydrogen) atoms. The van der Waals surface area contributed by atoms with Gasteiger partial charge in [0.1, 0.15) is 11.6 Å². The molecule has 0 saturated carbocycles. The lowest BCUT2D eigenvalue weighted by Gasteiger charge is -2.11. The fourth-order valence-corrected chi connectivity index (χ4v) is 2.43. The van der Waals surface area contributed by atoms with E-state index in [1.165, 1.54) is 0 Å². The molecule has 0 fully saturated rings. The second-order valence-corrected chi connectivity index (χ2v) is 5.45. The van der Waals surface area contributed by atoms with Gasteiger partial charge >= 0.3 is 6.03 Å². The lowest BCUT2D eigenvalue weighted by Crippen LogP contribution is -2.36. The van der Waals surface area contributed by atoms with Crippen LogP contribution in [0.25, 0.3) is 0 Å². The summed E-state index contributed by atoms with van der Waals surface area (Å²) in [5.41, 5.74) is 2.78. The van der Waals surface area contributed by atoms with Crippen LogP contribution in [0.4, 0.5) is 4.79 Å². The molecular weight excluding hydrogens is 304 g/mol. The van der Waals surface area contributed by atoms with Crippen molar-refractivity contribution >= 4 is 6.03 Å². The molecular formula is C18H24N4O2. The van der Waals surface area contributed by atoms with Gasteiger partial charge in [0.25, 0.3) is 0 Å². The van der Waals surface area contributed by atoms with Crippen LogP contribution in [0.1, 0.15) is 29.7 Å². The number of amides is 2. The first-order chi connectivity index (χ1) is 11.6. The van der Waals surface area contributed by atoms with Crippen molar-refractivity contribution in [3.63, 3.8) is 0 Å². The van der Waals surface area contributed by atoms with E-state index in [-0.39, 0.29) is 6.03 Å². The van der Waals surface area contributed by atoms with Crippen molar-refractivity contribution in [2.45, 2.75) is 33.7 Å². The van der Waals surface area contributed by atoms with Gasteiger partial charge in [-0.1, -0.05) is 18.2 Å². The highest BCUT2D eigenvalue weighted by Crippen LogP contribution is 2.17. The third-order valence-corrected chi connectivity index (χ3v) is 3.40. The number of nitrogens with zero attached hydrogens (tertiary/aromatic N) is 2. The number of aromatic nitrogens is 2. The van der Waals surface area contributed by atoms with E-state index < -0.39 is 0 Å². The van der Waals surface area contributed by atoms with Crippen LogP contribution in [0, 0.1) is 13.8 Å². The lowest BCUT2D eigenvalue weighted by atomic mass is 10.1. The molecule has 128 valence electrons. The van der Waals surface area contributed by atoms with E-state index in [4.69, 9.17) is 4.74 Å². The molecule has 2 rings (SSSR count). The number of urea groups is 1. The van der Waals surface area contributed by atoms with Gasteiger partial charge in [-0.3, -0.25) is 0 Å².